The van der Waals surface area contributed by atoms with Crippen LogP contribution in [0.2, 0.25) is 5.02 Å². The molecule has 0 heterocycles. The second-order valence-electron chi connectivity index (χ2n) is 4.09. The van der Waals surface area contributed by atoms with Gasteiger partial charge in [0.05, 0.1) is 12.0 Å². The highest BCUT2D eigenvalue weighted by Gasteiger charge is 2.14. The topological polar surface area (TPSA) is 64.4 Å². The first kappa shape index (κ1) is 14.1. The SMILES string of the molecule is COc1cc(NCc2ccccc2Cl)ccc1[N+](=O)[O-]. The number of halogens is 1. The highest BCUT2D eigenvalue weighted by molar-refractivity contribution is 6.31. The number of nitrogens with zero attached hydrogens (tertiary/aromatic N) is 1. The number of rotatable bonds is 5. The molecule has 0 aliphatic carbocycles. The number of benzene rings is 2. The van der Waals surface area contributed by atoms with Crippen LogP contribution < -0.4 is 10.1 Å². The largest absolute Gasteiger partial charge is 0.490 e. The Morgan fingerprint density at radius 1 is 1.30 bits per heavy atom. The standard InChI is InChI=1S/C14H13ClN2O3/c1-20-14-8-11(6-7-13(14)17(18)19)16-9-10-4-2-3-5-12(10)15/h2-8,16H,9H2,1H3. The second-order valence-corrected chi connectivity index (χ2v) is 4.50. The molecular weight excluding hydrogens is 280 g/mol. The van der Waals surface area contributed by atoms with Crippen LogP contribution in [0.25, 0.3) is 0 Å². The van der Waals surface area contributed by atoms with Crippen molar-refractivity contribution in [1.29, 1.82) is 0 Å². The molecule has 5 nitrogen and oxygen atoms in total. The summed E-state index contributed by atoms with van der Waals surface area (Å²) >= 11 is 6.06. The highest BCUT2D eigenvalue weighted by Crippen LogP contribution is 2.30. The fourth-order valence-corrected chi connectivity index (χ4v) is 1.98. The van der Waals surface area contributed by atoms with E-state index in [4.69, 9.17) is 16.3 Å². The Labute approximate surface area is 121 Å². The van der Waals surface area contributed by atoms with Gasteiger partial charge in [-0.25, -0.2) is 0 Å². The predicted octanol–water partition coefficient (Wildman–Crippen LogP) is 3.87. The summed E-state index contributed by atoms with van der Waals surface area (Å²) in [6.07, 6.45) is 0. The fraction of sp³-hybridized carbons (Fsp3) is 0.143. The molecule has 0 spiro atoms. The van der Waals surface area contributed by atoms with Crippen molar-refractivity contribution >= 4 is 23.0 Å². The van der Waals surface area contributed by atoms with E-state index in [2.05, 4.69) is 5.32 Å². The van der Waals surface area contributed by atoms with Crippen molar-refractivity contribution in [2.45, 2.75) is 6.54 Å². The van der Waals surface area contributed by atoms with Crippen LogP contribution in [0.5, 0.6) is 5.75 Å². The molecular formula is C14H13ClN2O3. The van der Waals surface area contributed by atoms with Gasteiger partial charge in [0.15, 0.2) is 5.75 Å². The number of nitro benzene ring substituents is 1. The van der Waals surface area contributed by atoms with Crippen LogP contribution in [0.15, 0.2) is 42.5 Å². The van der Waals surface area contributed by atoms with Gasteiger partial charge in [0.2, 0.25) is 0 Å². The van der Waals surface area contributed by atoms with Gasteiger partial charge in [0.25, 0.3) is 0 Å². The third-order valence-electron chi connectivity index (χ3n) is 2.82. The van der Waals surface area contributed by atoms with Crippen molar-refractivity contribution < 1.29 is 9.66 Å². The molecule has 2 rings (SSSR count). The molecule has 0 unspecified atom stereocenters. The van der Waals surface area contributed by atoms with Crippen molar-refractivity contribution in [3.63, 3.8) is 0 Å². The minimum absolute atomic E-state index is 0.0595. The Balaban J connectivity index is 2.15. The lowest BCUT2D eigenvalue weighted by Crippen LogP contribution is -2.01. The number of nitrogens with one attached hydrogen (secondary N) is 1. The molecule has 2 aromatic carbocycles. The van der Waals surface area contributed by atoms with E-state index in [1.54, 1.807) is 12.1 Å². The minimum Gasteiger partial charge on any atom is -0.490 e. The Hall–Kier alpha value is -2.27. The summed E-state index contributed by atoms with van der Waals surface area (Å²) in [7, 11) is 1.40. The lowest BCUT2D eigenvalue weighted by atomic mass is 10.2. The maximum Gasteiger partial charge on any atom is 0.311 e. The van der Waals surface area contributed by atoms with Gasteiger partial charge in [-0.05, 0) is 17.7 Å². The summed E-state index contributed by atoms with van der Waals surface area (Å²) in [5, 5.41) is 14.6. The van der Waals surface area contributed by atoms with Crippen LogP contribution in [0, 0.1) is 10.1 Å². The molecule has 20 heavy (non-hydrogen) atoms. The van der Waals surface area contributed by atoms with Crippen molar-refractivity contribution in [2.75, 3.05) is 12.4 Å². The zero-order chi connectivity index (χ0) is 14.5. The second kappa shape index (κ2) is 6.25. The van der Waals surface area contributed by atoms with Gasteiger partial charge in [-0.1, -0.05) is 29.8 Å². The average Bonchev–Trinajstić information content (AvgIpc) is 2.46. The summed E-state index contributed by atoms with van der Waals surface area (Å²) < 4.78 is 5.02. The van der Waals surface area contributed by atoms with Gasteiger partial charge < -0.3 is 10.1 Å². The van der Waals surface area contributed by atoms with Crippen LogP contribution >= 0.6 is 11.6 Å². The molecule has 0 aliphatic heterocycles. The Morgan fingerprint density at radius 2 is 2.05 bits per heavy atom. The Bertz CT molecular complexity index is 632. The monoisotopic (exact) mass is 292 g/mol. The zero-order valence-electron chi connectivity index (χ0n) is 10.8. The molecule has 0 saturated carbocycles. The van der Waals surface area contributed by atoms with E-state index in [0.29, 0.717) is 11.6 Å². The van der Waals surface area contributed by atoms with E-state index in [1.807, 2.05) is 24.3 Å². The highest BCUT2D eigenvalue weighted by atomic mass is 35.5. The molecule has 0 saturated heterocycles. The maximum absolute atomic E-state index is 10.8. The summed E-state index contributed by atoms with van der Waals surface area (Å²) in [6, 6.07) is 12.1. The molecule has 0 amide bonds. The van der Waals surface area contributed by atoms with E-state index >= 15 is 0 Å². The fourth-order valence-electron chi connectivity index (χ4n) is 1.78. The van der Waals surface area contributed by atoms with E-state index < -0.39 is 4.92 Å². The number of nitro groups is 1. The molecule has 0 aromatic heterocycles. The molecule has 0 radical (unpaired) electrons. The summed E-state index contributed by atoms with van der Waals surface area (Å²) in [5.41, 5.74) is 1.62. The Morgan fingerprint density at radius 3 is 2.70 bits per heavy atom. The van der Waals surface area contributed by atoms with E-state index in [1.165, 1.54) is 13.2 Å². The van der Waals surface area contributed by atoms with E-state index in [-0.39, 0.29) is 11.4 Å². The van der Waals surface area contributed by atoms with Gasteiger partial charge in [-0.15, -0.1) is 0 Å². The third kappa shape index (κ3) is 3.19. The van der Waals surface area contributed by atoms with Crippen LogP contribution in [0.1, 0.15) is 5.56 Å². The first-order valence-electron chi connectivity index (χ1n) is 5.91. The molecule has 0 fully saturated rings. The predicted molar refractivity (Wildman–Crippen MR) is 78.4 cm³/mol. The number of ether oxygens (including phenoxy) is 1. The molecule has 0 aliphatic rings. The molecule has 0 bridgehead atoms. The third-order valence-corrected chi connectivity index (χ3v) is 3.19. The van der Waals surface area contributed by atoms with Gasteiger partial charge in [-0.2, -0.15) is 0 Å². The van der Waals surface area contributed by atoms with Crippen molar-refractivity contribution in [3.8, 4) is 5.75 Å². The maximum atomic E-state index is 10.8. The summed E-state index contributed by atoms with van der Waals surface area (Å²) in [5.74, 6) is 0.221. The van der Waals surface area contributed by atoms with E-state index in [0.717, 1.165) is 11.3 Å². The number of anilines is 1. The van der Waals surface area contributed by atoms with Gasteiger partial charge in [0.1, 0.15) is 0 Å². The smallest absolute Gasteiger partial charge is 0.311 e. The van der Waals surface area contributed by atoms with Crippen LogP contribution in [0.3, 0.4) is 0 Å². The van der Waals surface area contributed by atoms with Crippen molar-refractivity contribution in [1.82, 2.24) is 0 Å². The molecule has 104 valence electrons. The first-order chi connectivity index (χ1) is 9.61. The van der Waals surface area contributed by atoms with Crippen LogP contribution in [-0.4, -0.2) is 12.0 Å². The molecule has 1 N–H and O–H groups in total. The van der Waals surface area contributed by atoms with Crippen molar-refractivity contribution in [3.05, 3.63) is 63.2 Å². The van der Waals surface area contributed by atoms with Gasteiger partial charge >= 0.3 is 5.69 Å². The normalized spacial score (nSPS) is 10.1. The van der Waals surface area contributed by atoms with Crippen LogP contribution in [0.4, 0.5) is 11.4 Å². The van der Waals surface area contributed by atoms with Crippen LogP contribution in [-0.2, 0) is 6.54 Å². The number of hydrogen-bond acceptors (Lipinski definition) is 4. The number of methoxy groups -OCH3 is 1. The summed E-state index contributed by atoms with van der Waals surface area (Å²) in [6.45, 7) is 0.528. The Kier molecular flexibility index (Phi) is 4.42. The number of hydrogen-bond donors (Lipinski definition) is 1. The van der Waals surface area contributed by atoms with E-state index in [9.17, 15) is 10.1 Å². The first-order valence-corrected chi connectivity index (χ1v) is 6.29. The minimum atomic E-state index is -0.476. The summed E-state index contributed by atoms with van der Waals surface area (Å²) in [4.78, 5) is 10.3. The molecule has 6 heteroatoms. The molecule has 0 atom stereocenters. The zero-order valence-corrected chi connectivity index (χ0v) is 11.6. The van der Waals surface area contributed by atoms with Gasteiger partial charge in [-0.3, -0.25) is 10.1 Å². The lowest BCUT2D eigenvalue weighted by Gasteiger charge is -2.09. The lowest BCUT2D eigenvalue weighted by molar-refractivity contribution is -0.385. The van der Waals surface area contributed by atoms with Gasteiger partial charge in [0, 0.05) is 29.4 Å². The quantitative estimate of drug-likeness (QED) is 0.671. The molecule has 2 aromatic rings. The average molecular weight is 293 g/mol. The van der Waals surface area contributed by atoms with Crippen molar-refractivity contribution in [2.24, 2.45) is 0 Å².